The molecule has 1 fully saturated rings. The van der Waals surface area contributed by atoms with Gasteiger partial charge in [-0.15, -0.1) is 0 Å². The molecule has 0 aliphatic carbocycles. The van der Waals surface area contributed by atoms with Crippen LogP contribution in [0, 0.1) is 17.6 Å². The number of piperidine rings is 1. The number of halogens is 2. The smallest absolute Gasteiger partial charge is 0.328 e. The molecule has 6 nitrogen and oxygen atoms in total. The Hall–Kier alpha value is -3.88. The van der Waals surface area contributed by atoms with E-state index in [1.165, 1.54) is 29.8 Å². The molecule has 1 heterocycles. The SMILES string of the molecule is O=C(O)C=CC(=O)O.OC(c1cccc(F)c1)(c1cccc(F)c1)C1CCN(Cc2ccccc2)CC1. The van der Waals surface area contributed by atoms with Gasteiger partial charge in [-0.1, -0.05) is 54.6 Å². The van der Waals surface area contributed by atoms with E-state index in [1.54, 1.807) is 24.3 Å². The van der Waals surface area contributed by atoms with E-state index in [2.05, 4.69) is 17.0 Å². The molecule has 8 heteroatoms. The lowest BCUT2D eigenvalue weighted by atomic mass is 9.72. The van der Waals surface area contributed by atoms with Gasteiger partial charge in [0.15, 0.2) is 0 Å². The standard InChI is InChI=1S/C25H25F2NO.C4H4O4/c26-23-10-4-8-21(16-23)25(29,22-9-5-11-24(27)17-22)20-12-14-28(15-13-20)18-19-6-2-1-3-7-19;5-3(6)1-2-4(7)8/h1-11,16-17,20,29H,12-15,18H2;1-2H,(H,5,6)(H,7,8). The Balaban J connectivity index is 0.000000414. The van der Waals surface area contributed by atoms with Crippen LogP contribution in [0.1, 0.15) is 29.5 Å². The van der Waals surface area contributed by atoms with E-state index in [0.717, 1.165) is 32.5 Å². The van der Waals surface area contributed by atoms with Crippen LogP contribution in [0.2, 0.25) is 0 Å². The molecular formula is C29H29F2NO5. The zero-order chi connectivity index (χ0) is 26.8. The lowest BCUT2D eigenvalue weighted by Gasteiger charge is -2.42. The zero-order valence-electron chi connectivity index (χ0n) is 20.1. The highest BCUT2D eigenvalue weighted by Crippen LogP contribution is 2.42. The quantitative estimate of drug-likeness (QED) is 0.395. The average Bonchev–Trinajstić information content (AvgIpc) is 2.88. The molecule has 0 bridgehead atoms. The van der Waals surface area contributed by atoms with Gasteiger partial charge >= 0.3 is 11.9 Å². The number of rotatable bonds is 7. The first-order valence-corrected chi connectivity index (χ1v) is 11.8. The van der Waals surface area contributed by atoms with Crippen LogP contribution in [-0.4, -0.2) is 45.2 Å². The maximum atomic E-state index is 14.0. The molecule has 3 aromatic rings. The van der Waals surface area contributed by atoms with Crippen molar-refractivity contribution in [1.82, 2.24) is 4.90 Å². The molecule has 37 heavy (non-hydrogen) atoms. The maximum Gasteiger partial charge on any atom is 0.328 e. The molecule has 3 N–H and O–H groups in total. The summed E-state index contributed by atoms with van der Waals surface area (Å²) >= 11 is 0. The molecule has 1 aliphatic rings. The largest absolute Gasteiger partial charge is 0.478 e. The van der Waals surface area contributed by atoms with Gasteiger partial charge in [0.1, 0.15) is 17.2 Å². The fraction of sp³-hybridized carbons (Fsp3) is 0.241. The van der Waals surface area contributed by atoms with Gasteiger partial charge in [-0.3, -0.25) is 4.90 Å². The average molecular weight is 510 g/mol. The zero-order valence-corrected chi connectivity index (χ0v) is 20.1. The first kappa shape index (κ1) is 27.7. The summed E-state index contributed by atoms with van der Waals surface area (Å²) in [4.78, 5) is 21.5. The van der Waals surface area contributed by atoms with Crippen molar-refractivity contribution in [1.29, 1.82) is 0 Å². The summed E-state index contributed by atoms with van der Waals surface area (Å²) in [5, 5.41) is 27.5. The van der Waals surface area contributed by atoms with Crippen LogP contribution in [-0.2, 0) is 21.7 Å². The van der Waals surface area contributed by atoms with Gasteiger partial charge in [0.25, 0.3) is 0 Å². The summed E-state index contributed by atoms with van der Waals surface area (Å²) in [6.45, 7) is 2.52. The molecule has 1 saturated heterocycles. The predicted octanol–water partition coefficient (Wildman–Crippen LogP) is 4.82. The van der Waals surface area contributed by atoms with Crippen molar-refractivity contribution in [2.75, 3.05) is 13.1 Å². The number of hydrogen-bond acceptors (Lipinski definition) is 4. The van der Waals surface area contributed by atoms with Crippen molar-refractivity contribution >= 4 is 11.9 Å². The summed E-state index contributed by atoms with van der Waals surface area (Å²) in [6, 6.07) is 22.4. The lowest BCUT2D eigenvalue weighted by molar-refractivity contribution is -0.134. The van der Waals surface area contributed by atoms with E-state index < -0.39 is 29.2 Å². The van der Waals surface area contributed by atoms with Gasteiger partial charge in [0.2, 0.25) is 0 Å². The van der Waals surface area contributed by atoms with E-state index in [0.29, 0.717) is 23.3 Å². The molecule has 0 atom stereocenters. The minimum Gasteiger partial charge on any atom is -0.478 e. The number of carbonyl (C=O) groups is 2. The Bertz CT molecular complexity index is 1160. The summed E-state index contributed by atoms with van der Waals surface area (Å²) < 4.78 is 27.9. The Morgan fingerprint density at radius 3 is 1.73 bits per heavy atom. The minimum atomic E-state index is -1.43. The van der Waals surface area contributed by atoms with Crippen LogP contribution in [0.25, 0.3) is 0 Å². The fourth-order valence-corrected chi connectivity index (χ4v) is 4.58. The highest BCUT2D eigenvalue weighted by molar-refractivity contribution is 5.89. The Morgan fingerprint density at radius 1 is 0.811 bits per heavy atom. The van der Waals surface area contributed by atoms with Crippen molar-refractivity contribution in [3.8, 4) is 0 Å². The summed E-state index contributed by atoms with van der Waals surface area (Å²) in [5.41, 5.74) is 0.786. The third-order valence-corrected chi connectivity index (χ3v) is 6.33. The Morgan fingerprint density at radius 2 is 1.30 bits per heavy atom. The summed E-state index contributed by atoms with van der Waals surface area (Å²) in [7, 11) is 0. The van der Waals surface area contributed by atoms with E-state index >= 15 is 0 Å². The van der Waals surface area contributed by atoms with Crippen LogP contribution in [0.4, 0.5) is 8.78 Å². The van der Waals surface area contributed by atoms with Gasteiger partial charge in [-0.05, 0) is 72.8 Å². The number of carboxylic acid groups (broad SMARTS) is 2. The molecule has 0 spiro atoms. The van der Waals surface area contributed by atoms with Gasteiger partial charge in [-0.2, -0.15) is 0 Å². The van der Waals surface area contributed by atoms with Crippen molar-refractivity contribution in [2.45, 2.75) is 25.0 Å². The first-order chi connectivity index (χ1) is 17.7. The number of aliphatic hydroxyl groups is 1. The lowest BCUT2D eigenvalue weighted by Crippen LogP contribution is -2.44. The van der Waals surface area contributed by atoms with Crippen molar-refractivity contribution < 1.29 is 33.7 Å². The van der Waals surface area contributed by atoms with Gasteiger partial charge in [0, 0.05) is 18.7 Å². The normalized spacial score (nSPS) is 14.7. The minimum absolute atomic E-state index is 0.127. The molecule has 4 rings (SSSR count). The van der Waals surface area contributed by atoms with E-state index in [9.17, 15) is 23.5 Å². The number of aliphatic carboxylic acids is 2. The van der Waals surface area contributed by atoms with Gasteiger partial charge in [0.05, 0.1) is 0 Å². The number of nitrogens with zero attached hydrogens (tertiary/aromatic N) is 1. The molecular weight excluding hydrogens is 480 g/mol. The molecule has 0 saturated carbocycles. The van der Waals surface area contributed by atoms with Crippen molar-refractivity contribution in [3.05, 3.63) is 119 Å². The highest BCUT2D eigenvalue weighted by atomic mass is 19.1. The van der Waals surface area contributed by atoms with E-state index in [4.69, 9.17) is 10.2 Å². The second-order valence-corrected chi connectivity index (χ2v) is 8.83. The molecule has 1 aliphatic heterocycles. The number of likely N-dealkylation sites (tertiary alicyclic amines) is 1. The Kier molecular flexibility index (Phi) is 9.65. The summed E-state index contributed by atoms with van der Waals surface area (Å²) in [6.07, 6.45) is 2.61. The van der Waals surface area contributed by atoms with E-state index in [-0.39, 0.29) is 5.92 Å². The molecule has 194 valence electrons. The van der Waals surface area contributed by atoms with Crippen LogP contribution >= 0.6 is 0 Å². The fourth-order valence-electron chi connectivity index (χ4n) is 4.58. The van der Waals surface area contributed by atoms with E-state index in [1.807, 2.05) is 18.2 Å². The second-order valence-electron chi connectivity index (χ2n) is 8.83. The third-order valence-electron chi connectivity index (χ3n) is 6.33. The van der Waals surface area contributed by atoms with Gasteiger partial charge < -0.3 is 15.3 Å². The van der Waals surface area contributed by atoms with Crippen LogP contribution in [0.3, 0.4) is 0 Å². The van der Waals surface area contributed by atoms with Crippen molar-refractivity contribution in [2.24, 2.45) is 5.92 Å². The molecule has 0 unspecified atom stereocenters. The molecule has 0 aromatic heterocycles. The molecule has 3 aromatic carbocycles. The number of hydrogen-bond donors (Lipinski definition) is 3. The molecule has 0 radical (unpaired) electrons. The third kappa shape index (κ3) is 7.80. The summed E-state index contributed by atoms with van der Waals surface area (Å²) in [5.74, 6) is -3.45. The first-order valence-electron chi connectivity index (χ1n) is 11.8. The maximum absolute atomic E-state index is 14.0. The van der Waals surface area contributed by atoms with Gasteiger partial charge in [-0.25, -0.2) is 18.4 Å². The number of benzene rings is 3. The topological polar surface area (TPSA) is 98.1 Å². The predicted molar refractivity (Wildman–Crippen MR) is 135 cm³/mol. The van der Waals surface area contributed by atoms with Crippen LogP contribution in [0.15, 0.2) is 91.0 Å². The number of carboxylic acids is 2. The Labute approximate surface area is 214 Å². The second kappa shape index (κ2) is 12.9. The highest BCUT2D eigenvalue weighted by Gasteiger charge is 2.42. The van der Waals surface area contributed by atoms with Crippen molar-refractivity contribution in [3.63, 3.8) is 0 Å². The van der Waals surface area contributed by atoms with Crippen LogP contribution < -0.4 is 0 Å². The van der Waals surface area contributed by atoms with Crippen LogP contribution in [0.5, 0.6) is 0 Å². The monoisotopic (exact) mass is 509 g/mol. The molecule has 0 amide bonds.